The maximum absolute atomic E-state index is 11.9. The third-order valence-corrected chi connectivity index (χ3v) is 3.96. The fourth-order valence-corrected chi connectivity index (χ4v) is 2.63. The Labute approximate surface area is 96.1 Å². The van der Waals surface area contributed by atoms with Gasteiger partial charge in [0.15, 0.2) is 16.1 Å². The zero-order chi connectivity index (χ0) is 12.2. The molecule has 90 valence electrons. The van der Waals surface area contributed by atoms with Gasteiger partial charge in [-0.05, 0) is 19.1 Å². The summed E-state index contributed by atoms with van der Waals surface area (Å²) in [5, 5.41) is 0. The Morgan fingerprint density at radius 1 is 1.12 bits per heavy atom. The number of ether oxygens (including phenoxy) is 2. The normalized spacial score (nSPS) is 12.0. The van der Waals surface area contributed by atoms with Crippen LogP contribution in [0.3, 0.4) is 0 Å². The molecule has 5 heteroatoms. The van der Waals surface area contributed by atoms with Crippen molar-refractivity contribution < 1.29 is 17.9 Å². The highest BCUT2D eigenvalue weighted by molar-refractivity contribution is 7.91. The van der Waals surface area contributed by atoms with Gasteiger partial charge in [-0.25, -0.2) is 8.42 Å². The molecular formula is C11H16O4S. The van der Waals surface area contributed by atoms with Gasteiger partial charge in [-0.1, -0.05) is 17.7 Å². The van der Waals surface area contributed by atoms with Crippen molar-refractivity contribution >= 4 is 9.84 Å². The summed E-state index contributed by atoms with van der Waals surface area (Å²) in [6.45, 7) is 1.91. The predicted molar refractivity (Wildman–Crippen MR) is 61.0 cm³/mol. The third kappa shape index (κ3) is 3.30. The lowest BCUT2D eigenvalue weighted by molar-refractivity contribution is -0.0851. The number of hydrogen-bond acceptors (Lipinski definition) is 4. The molecule has 0 aliphatic carbocycles. The number of methoxy groups -OCH3 is 2. The molecule has 0 saturated heterocycles. The second kappa shape index (κ2) is 5.43. The van der Waals surface area contributed by atoms with Gasteiger partial charge >= 0.3 is 0 Å². The van der Waals surface area contributed by atoms with E-state index in [1.54, 1.807) is 24.3 Å². The summed E-state index contributed by atoms with van der Waals surface area (Å²) in [5.41, 5.74) is 1.02. The summed E-state index contributed by atoms with van der Waals surface area (Å²) >= 11 is 0. The lowest BCUT2D eigenvalue weighted by Gasteiger charge is -2.13. The van der Waals surface area contributed by atoms with Crippen LogP contribution in [0.25, 0.3) is 0 Å². The van der Waals surface area contributed by atoms with Crippen LogP contribution in [0.5, 0.6) is 0 Å². The Balaban J connectivity index is 2.89. The summed E-state index contributed by atoms with van der Waals surface area (Å²) in [6.07, 6.45) is -0.730. The molecule has 16 heavy (non-hydrogen) atoms. The van der Waals surface area contributed by atoms with Crippen LogP contribution in [0, 0.1) is 6.92 Å². The van der Waals surface area contributed by atoms with E-state index in [0.717, 1.165) is 5.56 Å². The molecule has 0 aromatic heterocycles. The van der Waals surface area contributed by atoms with Gasteiger partial charge in [0, 0.05) is 14.2 Å². The Hall–Kier alpha value is -0.910. The fourth-order valence-electron chi connectivity index (χ4n) is 1.25. The molecule has 0 aliphatic heterocycles. The first-order chi connectivity index (χ1) is 7.49. The molecule has 0 N–H and O–H groups in total. The Kier molecular flexibility index (Phi) is 4.46. The zero-order valence-electron chi connectivity index (χ0n) is 9.64. The summed E-state index contributed by atoms with van der Waals surface area (Å²) in [5.74, 6) is -0.178. The van der Waals surface area contributed by atoms with E-state index in [9.17, 15) is 8.42 Å². The standard InChI is InChI=1S/C11H16O4S/c1-9-4-6-10(7-5-9)16(12,13)8-11(14-2)15-3/h4-7,11H,8H2,1-3H3. The summed E-state index contributed by atoms with van der Waals surface area (Å²) in [6, 6.07) is 6.71. The predicted octanol–water partition coefficient (Wildman–Crippen LogP) is 1.39. The van der Waals surface area contributed by atoms with Gasteiger partial charge in [-0.2, -0.15) is 0 Å². The Morgan fingerprint density at radius 3 is 2.06 bits per heavy atom. The Bertz CT molecular complexity index is 418. The van der Waals surface area contributed by atoms with Crippen LogP contribution in [0.15, 0.2) is 29.2 Å². The molecule has 0 saturated carbocycles. The van der Waals surface area contributed by atoms with E-state index in [2.05, 4.69) is 0 Å². The molecule has 1 aromatic carbocycles. The number of aryl methyl sites for hydroxylation is 1. The van der Waals surface area contributed by atoms with Crippen molar-refractivity contribution in [1.29, 1.82) is 0 Å². The highest BCUT2D eigenvalue weighted by Gasteiger charge is 2.20. The van der Waals surface area contributed by atoms with E-state index in [1.807, 2.05) is 6.92 Å². The lowest BCUT2D eigenvalue weighted by atomic mass is 10.2. The fraction of sp³-hybridized carbons (Fsp3) is 0.455. The highest BCUT2D eigenvalue weighted by Crippen LogP contribution is 2.14. The number of benzene rings is 1. The molecule has 0 aliphatic rings. The highest BCUT2D eigenvalue weighted by atomic mass is 32.2. The maximum Gasteiger partial charge on any atom is 0.183 e. The van der Waals surface area contributed by atoms with Crippen molar-refractivity contribution in [2.45, 2.75) is 18.1 Å². The largest absolute Gasteiger partial charge is 0.355 e. The van der Waals surface area contributed by atoms with Gasteiger partial charge in [0.05, 0.1) is 4.90 Å². The van der Waals surface area contributed by atoms with Gasteiger partial charge in [-0.3, -0.25) is 0 Å². The van der Waals surface area contributed by atoms with Gasteiger partial charge in [0.2, 0.25) is 0 Å². The first kappa shape index (κ1) is 13.2. The van der Waals surface area contributed by atoms with Gasteiger partial charge in [0.1, 0.15) is 5.75 Å². The molecule has 1 aromatic rings. The quantitative estimate of drug-likeness (QED) is 0.734. The minimum absolute atomic E-state index is 0.178. The Morgan fingerprint density at radius 2 is 1.62 bits per heavy atom. The first-order valence-electron chi connectivity index (χ1n) is 4.84. The van der Waals surface area contributed by atoms with E-state index in [1.165, 1.54) is 14.2 Å². The molecule has 1 rings (SSSR count). The maximum atomic E-state index is 11.9. The van der Waals surface area contributed by atoms with E-state index in [0.29, 0.717) is 0 Å². The van der Waals surface area contributed by atoms with E-state index in [-0.39, 0.29) is 10.6 Å². The minimum Gasteiger partial charge on any atom is -0.355 e. The average Bonchev–Trinajstić information content (AvgIpc) is 2.26. The van der Waals surface area contributed by atoms with Crippen LogP contribution in [-0.4, -0.2) is 34.7 Å². The SMILES string of the molecule is COC(CS(=O)(=O)c1ccc(C)cc1)OC. The van der Waals surface area contributed by atoms with Crippen LogP contribution in [0.2, 0.25) is 0 Å². The summed E-state index contributed by atoms with van der Waals surface area (Å²) in [4.78, 5) is 0.289. The van der Waals surface area contributed by atoms with Crippen LogP contribution >= 0.6 is 0 Å². The summed E-state index contributed by atoms with van der Waals surface area (Å²) in [7, 11) is -0.519. The number of sulfone groups is 1. The monoisotopic (exact) mass is 244 g/mol. The van der Waals surface area contributed by atoms with Gasteiger partial charge < -0.3 is 9.47 Å². The van der Waals surface area contributed by atoms with Crippen molar-refractivity contribution in [1.82, 2.24) is 0 Å². The molecule has 0 atom stereocenters. The summed E-state index contributed by atoms with van der Waals surface area (Å²) < 4.78 is 33.6. The first-order valence-corrected chi connectivity index (χ1v) is 6.50. The number of hydrogen-bond donors (Lipinski definition) is 0. The van der Waals surface area contributed by atoms with Crippen molar-refractivity contribution in [2.75, 3.05) is 20.0 Å². The van der Waals surface area contributed by atoms with E-state index < -0.39 is 16.1 Å². The van der Waals surface area contributed by atoms with Crippen molar-refractivity contribution in [3.63, 3.8) is 0 Å². The molecular weight excluding hydrogens is 228 g/mol. The second-order valence-corrected chi connectivity index (χ2v) is 5.53. The second-order valence-electron chi connectivity index (χ2n) is 3.50. The van der Waals surface area contributed by atoms with Crippen LogP contribution in [0.4, 0.5) is 0 Å². The smallest absolute Gasteiger partial charge is 0.183 e. The molecule has 0 radical (unpaired) electrons. The average molecular weight is 244 g/mol. The lowest BCUT2D eigenvalue weighted by Crippen LogP contribution is -2.24. The van der Waals surface area contributed by atoms with Crippen LogP contribution in [0.1, 0.15) is 5.56 Å². The third-order valence-electron chi connectivity index (χ3n) is 2.26. The molecule has 0 fully saturated rings. The minimum atomic E-state index is -3.35. The zero-order valence-corrected chi connectivity index (χ0v) is 10.5. The van der Waals surface area contributed by atoms with Crippen molar-refractivity contribution in [3.05, 3.63) is 29.8 Å². The van der Waals surface area contributed by atoms with Crippen LogP contribution < -0.4 is 0 Å². The molecule has 4 nitrogen and oxygen atoms in total. The van der Waals surface area contributed by atoms with Crippen molar-refractivity contribution in [2.24, 2.45) is 0 Å². The number of rotatable bonds is 5. The van der Waals surface area contributed by atoms with E-state index >= 15 is 0 Å². The topological polar surface area (TPSA) is 52.6 Å². The van der Waals surface area contributed by atoms with E-state index in [4.69, 9.17) is 9.47 Å². The molecule has 0 bridgehead atoms. The van der Waals surface area contributed by atoms with Gasteiger partial charge in [0.25, 0.3) is 0 Å². The van der Waals surface area contributed by atoms with Crippen molar-refractivity contribution in [3.8, 4) is 0 Å². The molecule has 0 amide bonds. The molecule has 0 heterocycles. The molecule has 0 spiro atoms. The molecule has 0 unspecified atom stereocenters. The van der Waals surface area contributed by atoms with Gasteiger partial charge in [-0.15, -0.1) is 0 Å². The van der Waals surface area contributed by atoms with Crippen LogP contribution in [-0.2, 0) is 19.3 Å².